The van der Waals surface area contributed by atoms with Gasteiger partial charge < -0.3 is 4.90 Å². The highest BCUT2D eigenvalue weighted by atomic mass is 32.1. The van der Waals surface area contributed by atoms with E-state index < -0.39 is 0 Å². The van der Waals surface area contributed by atoms with Gasteiger partial charge in [0.15, 0.2) is 0 Å². The molecule has 0 fully saturated rings. The topological polar surface area (TPSA) is 16.1 Å². The van der Waals surface area contributed by atoms with Crippen molar-refractivity contribution < 1.29 is 0 Å². The lowest BCUT2D eigenvalue weighted by atomic mass is 10.2. The Morgan fingerprint density at radius 1 is 1.50 bits per heavy atom. The van der Waals surface area contributed by atoms with E-state index in [-0.39, 0.29) is 0 Å². The van der Waals surface area contributed by atoms with Crippen LogP contribution in [0.5, 0.6) is 0 Å². The molecule has 1 aromatic rings. The molecule has 1 aromatic heterocycles. The van der Waals surface area contributed by atoms with Crippen molar-refractivity contribution in [3.63, 3.8) is 0 Å². The van der Waals surface area contributed by atoms with Crippen molar-refractivity contribution in [1.82, 2.24) is 9.88 Å². The largest absolute Gasteiger partial charge is 0.368 e. The quantitative estimate of drug-likeness (QED) is 0.739. The molecular weight excluding hydrogens is 192 g/mol. The van der Waals surface area contributed by atoms with Crippen molar-refractivity contribution in [3.05, 3.63) is 40.0 Å². The molecule has 0 saturated carbocycles. The second-order valence-electron chi connectivity index (χ2n) is 3.55. The van der Waals surface area contributed by atoms with Gasteiger partial charge in [-0.2, -0.15) is 0 Å². The standard InChI is InChI=1S/C11H14N2S/c1-9-3-5-13(6-4-9)7-11-8-14-10(2)12-11/h3-5,8H,6-7H2,1-2H3. The monoisotopic (exact) mass is 206 g/mol. The molecule has 0 aliphatic carbocycles. The van der Waals surface area contributed by atoms with Crippen LogP contribution < -0.4 is 0 Å². The summed E-state index contributed by atoms with van der Waals surface area (Å²) in [6, 6.07) is 0. The molecule has 1 aliphatic rings. The molecule has 0 unspecified atom stereocenters. The van der Waals surface area contributed by atoms with Gasteiger partial charge in [0.2, 0.25) is 0 Å². The van der Waals surface area contributed by atoms with Gasteiger partial charge in [-0.15, -0.1) is 11.3 Å². The summed E-state index contributed by atoms with van der Waals surface area (Å²) in [4.78, 5) is 6.71. The minimum Gasteiger partial charge on any atom is -0.368 e. The van der Waals surface area contributed by atoms with E-state index in [0.29, 0.717) is 0 Å². The van der Waals surface area contributed by atoms with Crippen LogP contribution in [0.4, 0.5) is 0 Å². The smallest absolute Gasteiger partial charge is 0.0898 e. The van der Waals surface area contributed by atoms with Crippen molar-refractivity contribution in [3.8, 4) is 0 Å². The molecule has 0 radical (unpaired) electrons. The summed E-state index contributed by atoms with van der Waals surface area (Å²) in [5.74, 6) is 0. The van der Waals surface area contributed by atoms with Crippen LogP contribution >= 0.6 is 11.3 Å². The highest BCUT2D eigenvalue weighted by Gasteiger charge is 2.05. The lowest BCUT2D eigenvalue weighted by molar-refractivity contribution is 0.399. The van der Waals surface area contributed by atoms with Crippen LogP contribution in [0.15, 0.2) is 29.3 Å². The minimum atomic E-state index is 0.921. The number of hydrogen-bond acceptors (Lipinski definition) is 3. The van der Waals surface area contributed by atoms with Crippen LogP contribution in [0.3, 0.4) is 0 Å². The van der Waals surface area contributed by atoms with Gasteiger partial charge in [0.25, 0.3) is 0 Å². The molecule has 3 heteroatoms. The maximum Gasteiger partial charge on any atom is 0.0898 e. The Kier molecular flexibility index (Phi) is 2.68. The lowest BCUT2D eigenvalue weighted by Crippen LogP contribution is -2.19. The third-order valence-corrected chi connectivity index (χ3v) is 3.05. The Hall–Kier alpha value is -1.09. The summed E-state index contributed by atoms with van der Waals surface area (Å²) in [5.41, 5.74) is 2.51. The van der Waals surface area contributed by atoms with E-state index in [0.717, 1.165) is 18.1 Å². The van der Waals surface area contributed by atoms with Crippen LogP contribution in [0, 0.1) is 6.92 Å². The Morgan fingerprint density at radius 2 is 2.36 bits per heavy atom. The van der Waals surface area contributed by atoms with Gasteiger partial charge in [0, 0.05) is 18.1 Å². The van der Waals surface area contributed by atoms with E-state index in [9.17, 15) is 0 Å². The summed E-state index contributed by atoms with van der Waals surface area (Å²) in [7, 11) is 0. The molecule has 0 saturated heterocycles. The molecule has 1 aliphatic heterocycles. The number of hydrogen-bond donors (Lipinski definition) is 0. The van der Waals surface area contributed by atoms with Crippen molar-refractivity contribution >= 4 is 11.3 Å². The van der Waals surface area contributed by atoms with Crippen molar-refractivity contribution in [2.45, 2.75) is 20.4 Å². The summed E-state index contributed by atoms with van der Waals surface area (Å²) in [5, 5.41) is 3.28. The number of nitrogens with zero attached hydrogens (tertiary/aromatic N) is 2. The normalized spacial score (nSPS) is 15.9. The third kappa shape index (κ3) is 2.23. The third-order valence-electron chi connectivity index (χ3n) is 2.23. The number of rotatable bonds is 2. The Bertz CT molecular complexity index is 376. The van der Waals surface area contributed by atoms with Crippen LogP contribution in [0.2, 0.25) is 0 Å². The second-order valence-corrected chi connectivity index (χ2v) is 4.61. The highest BCUT2D eigenvalue weighted by Crippen LogP contribution is 2.13. The van der Waals surface area contributed by atoms with Crippen LogP contribution in [0.1, 0.15) is 17.6 Å². The van der Waals surface area contributed by atoms with Gasteiger partial charge in [-0.3, -0.25) is 0 Å². The molecule has 2 rings (SSSR count). The van der Waals surface area contributed by atoms with E-state index >= 15 is 0 Å². The molecule has 0 N–H and O–H groups in total. The van der Waals surface area contributed by atoms with E-state index in [1.807, 2.05) is 6.92 Å². The van der Waals surface area contributed by atoms with E-state index in [1.165, 1.54) is 11.3 Å². The first-order valence-electron chi connectivity index (χ1n) is 4.74. The highest BCUT2D eigenvalue weighted by molar-refractivity contribution is 7.09. The zero-order valence-electron chi connectivity index (χ0n) is 8.53. The van der Waals surface area contributed by atoms with Crippen LogP contribution in [0.25, 0.3) is 0 Å². The fourth-order valence-corrected chi connectivity index (χ4v) is 2.02. The van der Waals surface area contributed by atoms with Gasteiger partial charge in [-0.25, -0.2) is 4.98 Å². The zero-order valence-corrected chi connectivity index (χ0v) is 9.34. The minimum absolute atomic E-state index is 0.921. The van der Waals surface area contributed by atoms with E-state index in [1.54, 1.807) is 11.3 Å². The second kappa shape index (κ2) is 3.96. The SMILES string of the molecule is CC1=CCN(Cc2csc(C)n2)C=C1. The maximum atomic E-state index is 4.45. The first-order chi connectivity index (χ1) is 6.74. The molecule has 0 amide bonds. The molecule has 2 nitrogen and oxygen atoms in total. The summed E-state index contributed by atoms with van der Waals surface area (Å²) < 4.78 is 0. The first kappa shape index (κ1) is 9.46. The maximum absolute atomic E-state index is 4.45. The van der Waals surface area contributed by atoms with Gasteiger partial charge >= 0.3 is 0 Å². The van der Waals surface area contributed by atoms with Crippen molar-refractivity contribution in [1.29, 1.82) is 0 Å². The van der Waals surface area contributed by atoms with Gasteiger partial charge in [0.1, 0.15) is 0 Å². The summed E-state index contributed by atoms with van der Waals surface area (Å²) >= 11 is 1.72. The molecule has 74 valence electrons. The number of thiazole rings is 1. The van der Waals surface area contributed by atoms with Crippen LogP contribution in [-0.4, -0.2) is 16.4 Å². The van der Waals surface area contributed by atoms with Gasteiger partial charge in [-0.1, -0.05) is 11.6 Å². The number of aromatic nitrogens is 1. The number of allylic oxidation sites excluding steroid dienone is 2. The lowest BCUT2D eigenvalue weighted by Gasteiger charge is -2.20. The molecule has 14 heavy (non-hydrogen) atoms. The zero-order chi connectivity index (χ0) is 9.97. The first-order valence-corrected chi connectivity index (χ1v) is 5.62. The molecule has 2 heterocycles. The Morgan fingerprint density at radius 3 is 2.93 bits per heavy atom. The molecule has 0 aromatic carbocycles. The fourth-order valence-electron chi connectivity index (χ4n) is 1.42. The summed E-state index contributed by atoms with van der Waals surface area (Å²) in [6.07, 6.45) is 6.52. The Labute approximate surface area is 88.6 Å². The van der Waals surface area contributed by atoms with Gasteiger partial charge in [0.05, 0.1) is 17.2 Å². The van der Waals surface area contributed by atoms with E-state index in [2.05, 4.69) is 40.5 Å². The van der Waals surface area contributed by atoms with Crippen molar-refractivity contribution in [2.75, 3.05) is 6.54 Å². The van der Waals surface area contributed by atoms with Gasteiger partial charge in [-0.05, 0) is 19.9 Å². The average Bonchev–Trinajstić information content (AvgIpc) is 2.56. The fraction of sp³-hybridized carbons (Fsp3) is 0.364. The van der Waals surface area contributed by atoms with Crippen molar-refractivity contribution in [2.24, 2.45) is 0 Å². The molecule has 0 bridgehead atoms. The Balaban J connectivity index is 1.97. The predicted octanol–water partition coefficient (Wildman–Crippen LogP) is 2.73. The average molecular weight is 206 g/mol. The molecular formula is C11H14N2S. The summed E-state index contributed by atoms with van der Waals surface area (Å²) in [6.45, 7) is 6.09. The number of aryl methyl sites for hydroxylation is 1. The van der Waals surface area contributed by atoms with Crippen LogP contribution in [-0.2, 0) is 6.54 Å². The van der Waals surface area contributed by atoms with E-state index in [4.69, 9.17) is 0 Å². The predicted molar refractivity (Wildman–Crippen MR) is 60.2 cm³/mol. The molecule has 0 spiro atoms. The molecule has 0 atom stereocenters.